The highest BCUT2D eigenvalue weighted by Gasteiger charge is 2.26. The van der Waals surface area contributed by atoms with E-state index in [1.807, 2.05) is 12.1 Å². The largest absolute Gasteiger partial charge is 0.507 e. The maximum atomic E-state index is 13.9. The lowest BCUT2D eigenvalue weighted by Gasteiger charge is -2.25. The minimum atomic E-state index is -0.975. The summed E-state index contributed by atoms with van der Waals surface area (Å²) in [5.41, 5.74) is 2.31. The Labute approximate surface area is 167 Å². The van der Waals surface area contributed by atoms with Gasteiger partial charge in [0.2, 0.25) is 5.88 Å². The van der Waals surface area contributed by atoms with Gasteiger partial charge in [0.15, 0.2) is 0 Å². The average Bonchev–Trinajstić information content (AvgIpc) is 2.72. The molecule has 150 valence electrons. The van der Waals surface area contributed by atoms with Gasteiger partial charge in [-0.3, -0.25) is 4.79 Å². The van der Waals surface area contributed by atoms with Crippen molar-refractivity contribution in [3.63, 3.8) is 0 Å². The Bertz CT molecular complexity index is 1070. The lowest BCUT2D eigenvalue weighted by atomic mass is 9.96. The van der Waals surface area contributed by atoms with E-state index in [4.69, 9.17) is 4.74 Å². The number of halogens is 1. The monoisotopic (exact) mass is 395 g/mol. The molecule has 2 aromatic heterocycles. The summed E-state index contributed by atoms with van der Waals surface area (Å²) in [5, 5.41) is 18.6. The molecule has 0 saturated heterocycles. The molecule has 2 atom stereocenters. The molecular weight excluding hydrogens is 373 g/mol. The van der Waals surface area contributed by atoms with E-state index >= 15 is 0 Å². The Balaban J connectivity index is 1.53. The summed E-state index contributed by atoms with van der Waals surface area (Å²) in [5.74, 6) is 0.307. The van der Waals surface area contributed by atoms with Crippen molar-refractivity contribution < 1.29 is 14.2 Å². The Morgan fingerprint density at radius 1 is 1.07 bits per heavy atom. The molecule has 1 aromatic carbocycles. The number of pyridine rings is 1. The van der Waals surface area contributed by atoms with Crippen LogP contribution >= 0.6 is 0 Å². The zero-order chi connectivity index (χ0) is 20.4. The van der Waals surface area contributed by atoms with Gasteiger partial charge >= 0.3 is 0 Å². The average molecular weight is 395 g/mol. The van der Waals surface area contributed by atoms with Gasteiger partial charge in [0.25, 0.3) is 5.56 Å². The second kappa shape index (κ2) is 8.03. The van der Waals surface area contributed by atoms with Gasteiger partial charge in [-0.2, -0.15) is 0 Å². The van der Waals surface area contributed by atoms with E-state index in [2.05, 4.69) is 10.2 Å². The molecular formula is C22H22FN3O3. The first-order valence-corrected chi connectivity index (χ1v) is 9.66. The predicted octanol–water partition coefficient (Wildman–Crippen LogP) is 3.87. The topological polar surface area (TPSA) is 77.2 Å². The molecule has 0 unspecified atom stereocenters. The zero-order valence-corrected chi connectivity index (χ0v) is 16.1. The Morgan fingerprint density at radius 3 is 2.55 bits per heavy atom. The molecule has 1 saturated carbocycles. The molecule has 1 N–H and O–H groups in total. The lowest BCUT2D eigenvalue weighted by Crippen LogP contribution is -2.32. The molecule has 29 heavy (non-hydrogen) atoms. The van der Waals surface area contributed by atoms with Crippen LogP contribution in [-0.2, 0) is 7.05 Å². The van der Waals surface area contributed by atoms with Gasteiger partial charge in [0.05, 0.1) is 5.69 Å². The van der Waals surface area contributed by atoms with Crippen molar-refractivity contribution in [1.82, 2.24) is 14.8 Å². The highest BCUT2D eigenvalue weighted by Crippen LogP contribution is 2.32. The van der Waals surface area contributed by atoms with E-state index in [9.17, 15) is 14.3 Å². The minimum absolute atomic E-state index is 0.0299. The number of nitrogens with zero attached hydrogens (tertiary/aromatic N) is 3. The van der Waals surface area contributed by atoms with E-state index in [0.717, 1.165) is 24.0 Å². The standard InChI is InChI=1S/C22H22FN3O3/c1-26-11-10-15(13-22(26)28)14-6-7-16(19(27)12-14)18-8-9-21(25-24-18)29-20-5-3-2-4-17(20)23/h6-13,17,20,27H,2-5H2,1H3/t17-,20+/m0/s1. The van der Waals surface area contributed by atoms with Gasteiger partial charge in [0, 0.05) is 30.9 Å². The summed E-state index contributed by atoms with van der Waals surface area (Å²) in [6.07, 6.45) is 3.26. The second-order valence-corrected chi connectivity index (χ2v) is 7.31. The van der Waals surface area contributed by atoms with Crippen molar-refractivity contribution >= 4 is 0 Å². The molecule has 0 spiro atoms. The Kier molecular flexibility index (Phi) is 5.29. The van der Waals surface area contributed by atoms with E-state index in [1.165, 1.54) is 10.6 Å². The smallest absolute Gasteiger partial charge is 0.250 e. The Morgan fingerprint density at radius 2 is 1.86 bits per heavy atom. The molecule has 1 aliphatic rings. The maximum Gasteiger partial charge on any atom is 0.250 e. The number of hydrogen-bond donors (Lipinski definition) is 1. The molecule has 0 radical (unpaired) electrons. The summed E-state index contributed by atoms with van der Waals surface area (Å²) >= 11 is 0. The van der Waals surface area contributed by atoms with Crippen LogP contribution in [0, 0.1) is 0 Å². The van der Waals surface area contributed by atoms with Gasteiger partial charge in [-0.25, -0.2) is 4.39 Å². The van der Waals surface area contributed by atoms with E-state index in [-0.39, 0.29) is 17.2 Å². The summed E-state index contributed by atoms with van der Waals surface area (Å²) in [4.78, 5) is 11.8. The number of aromatic hydroxyl groups is 1. The van der Waals surface area contributed by atoms with Crippen molar-refractivity contribution in [2.75, 3.05) is 0 Å². The van der Waals surface area contributed by atoms with Crippen LogP contribution in [0.2, 0.25) is 0 Å². The summed E-state index contributed by atoms with van der Waals surface area (Å²) in [6, 6.07) is 11.8. The number of aromatic nitrogens is 3. The Hall–Kier alpha value is -3.22. The first-order valence-electron chi connectivity index (χ1n) is 9.66. The third-order valence-electron chi connectivity index (χ3n) is 5.25. The third kappa shape index (κ3) is 4.13. The molecule has 3 aromatic rings. The summed E-state index contributed by atoms with van der Waals surface area (Å²) in [6.45, 7) is 0. The fraction of sp³-hybridized carbons (Fsp3) is 0.318. The number of benzene rings is 1. The fourth-order valence-electron chi connectivity index (χ4n) is 3.52. The molecule has 7 heteroatoms. The van der Waals surface area contributed by atoms with Gasteiger partial charge in [-0.15, -0.1) is 10.2 Å². The van der Waals surface area contributed by atoms with Crippen LogP contribution in [-0.4, -0.2) is 32.1 Å². The number of phenolic OH excluding ortho intramolecular Hbond substituents is 1. The van der Waals surface area contributed by atoms with Crippen LogP contribution in [0.4, 0.5) is 4.39 Å². The van der Waals surface area contributed by atoms with Crippen molar-refractivity contribution in [3.05, 3.63) is 59.0 Å². The highest BCUT2D eigenvalue weighted by atomic mass is 19.1. The molecule has 6 nitrogen and oxygen atoms in total. The molecule has 1 aliphatic carbocycles. The number of alkyl halides is 1. The van der Waals surface area contributed by atoms with Crippen molar-refractivity contribution in [2.24, 2.45) is 7.05 Å². The van der Waals surface area contributed by atoms with Gasteiger partial charge in [-0.05, 0) is 54.7 Å². The van der Waals surface area contributed by atoms with Gasteiger partial charge in [0.1, 0.15) is 18.0 Å². The van der Waals surface area contributed by atoms with Crippen molar-refractivity contribution in [2.45, 2.75) is 38.0 Å². The summed E-state index contributed by atoms with van der Waals surface area (Å²) < 4.78 is 21.1. The normalized spacial score (nSPS) is 19.1. The van der Waals surface area contributed by atoms with Crippen molar-refractivity contribution in [1.29, 1.82) is 0 Å². The van der Waals surface area contributed by atoms with Crippen LogP contribution in [0.3, 0.4) is 0 Å². The number of rotatable bonds is 4. The molecule has 0 aliphatic heterocycles. The minimum Gasteiger partial charge on any atom is -0.507 e. The highest BCUT2D eigenvalue weighted by molar-refractivity contribution is 5.74. The van der Waals surface area contributed by atoms with Crippen LogP contribution in [0.5, 0.6) is 11.6 Å². The molecule has 0 bridgehead atoms. The molecule has 4 rings (SSSR count). The lowest BCUT2D eigenvalue weighted by molar-refractivity contribution is 0.0594. The summed E-state index contributed by atoms with van der Waals surface area (Å²) in [7, 11) is 1.68. The van der Waals surface area contributed by atoms with E-state index < -0.39 is 12.3 Å². The van der Waals surface area contributed by atoms with Crippen LogP contribution < -0.4 is 10.3 Å². The first kappa shape index (κ1) is 19.1. The molecule has 1 fully saturated rings. The van der Waals surface area contributed by atoms with Gasteiger partial charge in [-0.1, -0.05) is 12.5 Å². The SMILES string of the molecule is Cn1ccc(-c2ccc(-c3ccc(O[C@@H]4CCCC[C@@H]4F)nn3)c(O)c2)cc1=O. The van der Waals surface area contributed by atoms with Crippen LogP contribution in [0.15, 0.2) is 53.5 Å². The number of aryl methyl sites for hydroxylation is 1. The predicted molar refractivity (Wildman–Crippen MR) is 108 cm³/mol. The van der Waals surface area contributed by atoms with Crippen LogP contribution in [0.25, 0.3) is 22.4 Å². The first-order chi connectivity index (χ1) is 14.0. The van der Waals surface area contributed by atoms with Crippen molar-refractivity contribution in [3.8, 4) is 34.0 Å². The zero-order valence-electron chi connectivity index (χ0n) is 16.1. The second-order valence-electron chi connectivity index (χ2n) is 7.31. The number of hydrogen-bond acceptors (Lipinski definition) is 5. The van der Waals surface area contributed by atoms with Crippen LogP contribution in [0.1, 0.15) is 25.7 Å². The fourth-order valence-corrected chi connectivity index (χ4v) is 3.52. The maximum absolute atomic E-state index is 13.9. The molecule has 0 amide bonds. The third-order valence-corrected chi connectivity index (χ3v) is 5.25. The number of ether oxygens (including phenoxy) is 1. The molecule has 2 heterocycles. The van der Waals surface area contributed by atoms with E-state index in [0.29, 0.717) is 24.1 Å². The van der Waals surface area contributed by atoms with E-state index in [1.54, 1.807) is 37.5 Å². The quantitative estimate of drug-likeness (QED) is 0.726. The van der Waals surface area contributed by atoms with Gasteiger partial charge < -0.3 is 14.4 Å². The number of phenols is 1.